The van der Waals surface area contributed by atoms with Crippen molar-refractivity contribution in [3.8, 4) is 0 Å². The lowest BCUT2D eigenvalue weighted by Gasteiger charge is -2.12. The average molecular weight is 153 g/mol. The summed E-state index contributed by atoms with van der Waals surface area (Å²) in [5.74, 6) is 0. The van der Waals surface area contributed by atoms with Crippen molar-refractivity contribution in [2.45, 2.75) is 25.2 Å². The van der Waals surface area contributed by atoms with E-state index < -0.39 is 12.3 Å². The van der Waals surface area contributed by atoms with Crippen LogP contribution in [0, 0.1) is 0 Å². The van der Waals surface area contributed by atoms with Crippen molar-refractivity contribution >= 4 is 18.7 Å². The fourth-order valence-electron chi connectivity index (χ4n) is 0.248. The number of carbonyl (C=O) groups is 1. The lowest BCUT2D eigenvalue weighted by atomic mass is 10.3. The highest BCUT2D eigenvalue weighted by atomic mass is 32.1. The van der Waals surface area contributed by atoms with Crippen molar-refractivity contribution < 1.29 is 14.6 Å². The Labute approximate surface area is 62.0 Å². The second-order valence-corrected chi connectivity index (χ2v) is 2.52. The molecule has 0 saturated heterocycles. The maximum atomic E-state index is 10.3. The Morgan fingerprint density at radius 1 is 2.11 bits per heavy atom. The van der Waals surface area contributed by atoms with Gasteiger partial charge < -0.3 is 9.85 Å². The normalized spacial score (nSPS) is 18.9. The summed E-state index contributed by atoms with van der Waals surface area (Å²) in [7, 11) is 0. The van der Waals surface area contributed by atoms with Crippen molar-refractivity contribution in [2.24, 2.45) is 0 Å². The predicted octanol–water partition coefficient (Wildman–Crippen LogP) is 1.39. The molecule has 0 rings (SSSR count). The standard InChI is InChI=1S/C5H10O3S/c1-3(4(2)9)8-5(6)7/h3-4,9H,1-2H3,(H,6,7)/i/hTD. The summed E-state index contributed by atoms with van der Waals surface area (Å²) in [6, 6.07) is 0. The minimum Gasteiger partial charge on any atom is -0.450 e. The molecule has 0 amide bonds. The van der Waals surface area contributed by atoms with Crippen molar-refractivity contribution in [2.75, 3.05) is 0 Å². The molecule has 0 aliphatic carbocycles. The Morgan fingerprint density at radius 3 is 3.22 bits per heavy atom. The van der Waals surface area contributed by atoms with E-state index in [2.05, 4.69) is 9.85 Å². The van der Waals surface area contributed by atoms with Crippen LogP contribution in [0.25, 0.3) is 1.43 Å². The molecule has 3 nitrogen and oxygen atoms in total. The number of rotatable bonds is 3. The first-order chi connectivity index (χ1) is 5.11. The van der Waals surface area contributed by atoms with Crippen molar-refractivity contribution in [3.05, 3.63) is 0 Å². The van der Waals surface area contributed by atoms with E-state index in [4.69, 9.17) is 2.55 Å². The monoisotopic (exact) mass is 153 g/mol. The SMILES string of the molecule is [2H]OC(=O)OC(C)C(C)S[3H]. The quantitative estimate of drug-likeness (QED) is 0.475. The third-order valence-corrected chi connectivity index (χ3v) is 1.33. The fourth-order valence-corrected chi connectivity index (χ4v) is 0.303. The van der Waals surface area contributed by atoms with E-state index in [1.165, 1.54) is 0 Å². The largest absolute Gasteiger partial charge is 0.506 e. The van der Waals surface area contributed by atoms with Crippen LogP contribution < -0.4 is 0 Å². The van der Waals surface area contributed by atoms with Gasteiger partial charge in [0.15, 0.2) is 0 Å². The van der Waals surface area contributed by atoms with Gasteiger partial charge in [-0.05, 0) is 13.8 Å². The van der Waals surface area contributed by atoms with Gasteiger partial charge in [0.25, 0.3) is 0 Å². The second-order valence-electron chi connectivity index (χ2n) is 1.78. The van der Waals surface area contributed by atoms with Crippen LogP contribution in [-0.2, 0) is 4.74 Å². The minimum absolute atomic E-state index is 0.117. The first kappa shape index (κ1) is 5.41. The van der Waals surface area contributed by atoms with E-state index in [0.717, 1.165) is 12.5 Å². The minimum atomic E-state index is -1.03. The molecule has 0 aromatic carbocycles. The Bertz CT molecular complexity index is 133. The van der Waals surface area contributed by atoms with Crippen molar-refractivity contribution in [3.63, 3.8) is 0 Å². The molecule has 0 spiro atoms. The third-order valence-electron chi connectivity index (χ3n) is 0.943. The molecule has 0 bridgehead atoms. The molecule has 1 N–H and O–H groups in total. The summed E-state index contributed by atoms with van der Waals surface area (Å²) in [6.07, 6.45) is -1.44. The van der Waals surface area contributed by atoms with Crippen molar-refractivity contribution in [1.82, 2.24) is 0 Å². The van der Waals surface area contributed by atoms with Gasteiger partial charge in [0.05, 0.1) is 0 Å². The number of ether oxygens (including phenoxy) is 1. The molecule has 0 heterocycles. The van der Waals surface area contributed by atoms with Crippen LogP contribution >= 0.6 is 12.5 Å². The van der Waals surface area contributed by atoms with Crippen LogP contribution in [0.15, 0.2) is 0 Å². The van der Waals surface area contributed by atoms with Gasteiger partial charge in [-0.25, -0.2) is 4.79 Å². The molecule has 0 aromatic rings. The van der Waals surface area contributed by atoms with Crippen LogP contribution in [0.4, 0.5) is 4.79 Å². The summed E-state index contributed by atoms with van der Waals surface area (Å²) in [5, 5.41) is 3.42. The number of carboxylic acid groups (broad SMARTS) is 1. The first-order valence-electron chi connectivity index (χ1n) is 3.39. The van der Waals surface area contributed by atoms with E-state index in [0.29, 0.717) is 0 Å². The van der Waals surface area contributed by atoms with Crippen LogP contribution in [0.3, 0.4) is 0 Å². The Balaban J connectivity index is 3.67. The summed E-state index contributed by atoms with van der Waals surface area (Å²) >= 11 is 0.841. The van der Waals surface area contributed by atoms with Crippen LogP contribution in [-0.4, -0.2) is 23.7 Å². The van der Waals surface area contributed by atoms with Gasteiger partial charge in [-0.3, -0.25) is 0 Å². The highest BCUT2D eigenvalue weighted by Gasteiger charge is 2.11. The van der Waals surface area contributed by atoms with Gasteiger partial charge in [0.1, 0.15) is 7.23 Å². The first-order valence-corrected chi connectivity index (χ1v) is 3.04. The zero-order chi connectivity index (χ0) is 8.85. The average Bonchev–Trinajstić information content (AvgIpc) is 2.02. The van der Waals surface area contributed by atoms with Gasteiger partial charge >= 0.3 is 7.59 Å². The van der Waals surface area contributed by atoms with Gasteiger partial charge in [-0.2, -0.15) is 12.5 Å². The van der Waals surface area contributed by atoms with E-state index in [-0.39, 0.29) is 5.25 Å². The van der Waals surface area contributed by atoms with Crippen molar-refractivity contribution in [1.29, 1.82) is 2.55 Å². The van der Waals surface area contributed by atoms with E-state index in [1.807, 2.05) is 0 Å². The Morgan fingerprint density at radius 2 is 2.78 bits per heavy atom. The zero-order valence-electron chi connectivity index (χ0n) is 7.29. The van der Waals surface area contributed by atoms with Gasteiger partial charge in [0, 0.05) is 5.25 Å². The predicted molar refractivity (Wildman–Crippen MR) is 37.0 cm³/mol. The fraction of sp³-hybridized carbons (Fsp3) is 0.800. The van der Waals surface area contributed by atoms with Gasteiger partial charge in [0.2, 0.25) is 0 Å². The lowest BCUT2D eigenvalue weighted by Crippen LogP contribution is -2.20. The summed E-state index contributed by atoms with van der Waals surface area (Å²) < 4.78 is 17.6. The molecule has 54 valence electrons. The molecule has 2 unspecified atom stereocenters. The maximum Gasteiger partial charge on any atom is 0.506 e. The van der Waals surface area contributed by atoms with E-state index in [1.54, 1.807) is 13.8 Å². The number of hydrogen-bond acceptors (Lipinski definition) is 4. The third kappa shape index (κ3) is 4.14. The molecular formula is C5H10O3S. The highest BCUT2D eigenvalue weighted by Crippen LogP contribution is 2.03. The molecule has 0 aliphatic heterocycles. The molecule has 0 aromatic heterocycles. The number of hydrogen-bond donors (Lipinski definition) is 2. The second kappa shape index (κ2) is 3.61. The maximum absolute atomic E-state index is 10.3. The van der Waals surface area contributed by atoms with Gasteiger partial charge in [-0.15, -0.1) is 0 Å². The molecule has 0 fully saturated rings. The van der Waals surface area contributed by atoms with Gasteiger partial charge in [-0.1, -0.05) is 0 Å². The molecular weight excluding hydrogens is 140 g/mol. The Hall–Kier alpha value is -0.380. The summed E-state index contributed by atoms with van der Waals surface area (Å²) in [4.78, 5) is 10.3. The smallest absolute Gasteiger partial charge is 0.450 e. The van der Waals surface area contributed by atoms with Crippen LogP contribution in [0.2, 0.25) is 0 Å². The topological polar surface area (TPSA) is 46.5 Å². The zero-order valence-corrected chi connectivity index (χ0v) is 6.10. The van der Waals surface area contributed by atoms with E-state index >= 15 is 0 Å². The van der Waals surface area contributed by atoms with E-state index in [9.17, 15) is 4.79 Å². The Kier molecular flexibility index (Phi) is 2.17. The molecule has 0 aliphatic rings. The van der Waals surface area contributed by atoms with Crippen LogP contribution in [0.1, 0.15) is 13.8 Å². The molecule has 0 saturated carbocycles. The number of thiol groups is 1. The summed E-state index contributed by atoms with van der Waals surface area (Å²) in [6.45, 7) is 3.39. The molecule has 2 atom stereocenters. The molecule has 9 heavy (non-hydrogen) atoms. The molecule has 0 radical (unpaired) electrons. The van der Waals surface area contributed by atoms with Crippen LogP contribution in [0.5, 0.6) is 0 Å². The lowest BCUT2D eigenvalue weighted by molar-refractivity contribution is 0.0599. The highest BCUT2D eigenvalue weighted by molar-refractivity contribution is 7.81. The molecule has 4 heteroatoms. The summed E-state index contributed by atoms with van der Waals surface area (Å²) in [5.41, 5.74) is 0.